The van der Waals surface area contributed by atoms with Gasteiger partial charge in [0.25, 0.3) is 0 Å². The Bertz CT molecular complexity index is 841. The lowest BCUT2D eigenvalue weighted by Crippen LogP contribution is -2.38. The first-order valence-electron chi connectivity index (χ1n) is 8.55. The average Bonchev–Trinajstić information content (AvgIpc) is 3.18. The summed E-state index contributed by atoms with van der Waals surface area (Å²) in [5, 5.41) is 5.15. The molecule has 26 heavy (non-hydrogen) atoms. The van der Waals surface area contributed by atoms with Crippen molar-refractivity contribution in [2.75, 3.05) is 31.1 Å². The van der Waals surface area contributed by atoms with Crippen molar-refractivity contribution in [3.05, 3.63) is 24.3 Å². The fourth-order valence-electron chi connectivity index (χ4n) is 3.59. The fourth-order valence-corrected chi connectivity index (χ4v) is 4.14. The Morgan fingerprint density at radius 3 is 2.73 bits per heavy atom. The first kappa shape index (κ1) is 18.8. The Morgan fingerprint density at radius 1 is 1.38 bits per heavy atom. The minimum Gasteiger partial charge on any atom is -0.342 e. The summed E-state index contributed by atoms with van der Waals surface area (Å²) in [6.45, 7) is 4.08. The normalized spacial score (nSPS) is 26.6. The van der Waals surface area contributed by atoms with Crippen LogP contribution in [-0.4, -0.2) is 51.3 Å². The maximum Gasteiger partial charge on any atom is 0.238 e. The highest BCUT2D eigenvalue weighted by molar-refractivity contribution is 7.89. The Morgan fingerprint density at radius 2 is 2.12 bits per heavy atom. The molecule has 2 atom stereocenters. The Kier molecular flexibility index (Phi) is 4.80. The first-order chi connectivity index (χ1) is 12.1. The van der Waals surface area contributed by atoms with E-state index in [0.29, 0.717) is 25.3 Å². The monoisotopic (exact) mass is 380 g/mol. The van der Waals surface area contributed by atoms with Crippen LogP contribution in [0.5, 0.6) is 0 Å². The fraction of sp³-hybridized carbons (Fsp3) is 0.529. The van der Waals surface area contributed by atoms with E-state index in [1.54, 1.807) is 11.0 Å². The van der Waals surface area contributed by atoms with Crippen molar-refractivity contribution in [3.8, 4) is 0 Å². The molecule has 3 rings (SSSR count). The Labute approximate surface area is 153 Å². The van der Waals surface area contributed by atoms with Crippen molar-refractivity contribution >= 4 is 27.5 Å². The average molecular weight is 380 g/mol. The van der Waals surface area contributed by atoms with Gasteiger partial charge in [-0.1, -0.05) is 13.0 Å². The summed E-state index contributed by atoms with van der Waals surface area (Å²) >= 11 is 0. The molecule has 8 nitrogen and oxygen atoms in total. The Hall–Kier alpha value is -1.97. The molecule has 0 aliphatic carbocycles. The molecule has 2 heterocycles. The lowest BCUT2D eigenvalue weighted by molar-refractivity contribution is -0.135. The maximum absolute atomic E-state index is 12.8. The van der Waals surface area contributed by atoms with Crippen molar-refractivity contribution in [1.82, 2.24) is 4.90 Å². The van der Waals surface area contributed by atoms with E-state index in [0.717, 1.165) is 6.42 Å². The molecule has 2 fully saturated rings. The number of primary sulfonamides is 1. The number of hydrogen-bond acceptors (Lipinski definition) is 5. The van der Waals surface area contributed by atoms with Gasteiger partial charge in [0.15, 0.2) is 0 Å². The number of rotatable bonds is 4. The molecule has 0 saturated carbocycles. The zero-order valence-electron chi connectivity index (χ0n) is 14.7. The number of amides is 2. The zero-order chi connectivity index (χ0) is 19.1. The molecule has 2 amide bonds. The second-order valence-electron chi connectivity index (χ2n) is 7.47. The Balaban J connectivity index is 1.74. The van der Waals surface area contributed by atoms with Gasteiger partial charge in [-0.05, 0) is 36.6 Å². The maximum atomic E-state index is 12.8. The molecule has 9 heteroatoms. The van der Waals surface area contributed by atoms with Crippen LogP contribution >= 0.6 is 0 Å². The summed E-state index contributed by atoms with van der Waals surface area (Å²) in [7, 11) is -3.86. The van der Waals surface area contributed by atoms with E-state index in [1.165, 1.54) is 23.1 Å². The van der Waals surface area contributed by atoms with Crippen molar-refractivity contribution in [2.24, 2.45) is 22.2 Å². The highest BCUT2D eigenvalue weighted by Gasteiger charge is 2.41. The number of nitrogens with zero attached hydrogens (tertiary/aromatic N) is 2. The molecule has 2 saturated heterocycles. The molecule has 4 N–H and O–H groups in total. The SMILES string of the molecule is CC1(CN)CCN(C(=O)C2CC(=O)N(c3cccc(S(N)(=O)=O)c3)C2)C1. The third kappa shape index (κ3) is 3.60. The summed E-state index contributed by atoms with van der Waals surface area (Å²) in [6.07, 6.45) is 0.976. The molecule has 142 valence electrons. The molecule has 0 aromatic heterocycles. The number of carbonyl (C=O) groups is 2. The number of likely N-dealkylation sites (tertiary alicyclic amines) is 1. The molecule has 1 aromatic carbocycles. The van der Waals surface area contributed by atoms with Crippen molar-refractivity contribution < 1.29 is 18.0 Å². The van der Waals surface area contributed by atoms with Crippen LogP contribution in [0.4, 0.5) is 5.69 Å². The molecule has 1 aromatic rings. The van der Waals surface area contributed by atoms with Crippen molar-refractivity contribution in [1.29, 1.82) is 0 Å². The number of carbonyl (C=O) groups excluding carboxylic acids is 2. The van der Waals surface area contributed by atoms with E-state index in [1.807, 2.05) is 0 Å². The highest BCUT2D eigenvalue weighted by Crippen LogP contribution is 2.32. The summed E-state index contributed by atoms with van der Waals surface area (Å²) < 4.78 is 23.0. The lowest BCUT2D eigenvalue weighted by atomic mass is 9.90. The lowest BCUT2D eigenvalue weighted by Gasteiger charge is -2.24. The minimum absolute atomic E-state index is 0.0411. The second-order valence-corrected chi connectivity index (χ2v) is 9.03. The first-order valence-corrected chi connectivity index (χ1v) is 10.1. The number of nitrogens with two attached hydrogens (primary N) is 2. The van der Waals surface area contributed by atoms with Crippen LogP contribution in [0, 0.1) is 11.3 Å². The van der Waals surface area contributed by atoms with Crippen LogP contribution in [0.3, 0.4) is 0 Å². The van der Waals surface area contributed by atoms with E-state index in [4.69, 9.17) is 10.9 Å². The van der Waals surface area contributed by atoms with Crippen LogP contribution in [0.15, 0.2) is 29.2 Å². The molecular weight excluding hydrogens is 356 g/mol. The smallest absolute Gasteiger partial charge is 0.238 e. The van der Waals surface area contributed by atoms with Crippen LogP contribution in [-0.2, 0) is 19.6 Å². The minimum atomic E-state index is -3.86. The topological polar surface area (TPSA) is 127 Å². The van der Waals surface area contributed by atoms with Crippen molar-refractivity contribution in [2.45, 2.75) is 24.7 Å². The van der Waals surface area contributed by atoms with Gasteiger partial charge in [0.05, 0.1) is 10.8 Å². The van der Waals surface area contributed by atoms with Gasteiger partial charge in [0, 0.05) is 31.7 Å². The van der Waals surface area contributed by atoms with Gasteiger partial charge >= 0.3 is 0 Å². The number of anilines is 1. The van der Waals surface area contributed by atoms with Gasteiger partial charge in [0.1, 0.15) is 0 Å². The standard InChI is InChI=1S/C17H24N4O4S/c1-17(10-18)5-6-20(11-17)16(23)12-7-15(22)21(9-12)13-3-2-4-14(8-13)26(19,24)25/h2-4,8,12H,5-7,9-11,18H2,1H3,(H2,19,24,25). The predicted octanol–water partition coefficient (Wildman–Crippen LogP) is -0.116. The van der Waals surface area contributed by atoms with Crippen LogP contribution < -0.4 is 15.8 Å². The van der Waals surface area contributed by atoms with E-state index >= 15 is 0 Å². The second kappa shape index (κ2) is 6.64. The predicted molar refractivity (Wildman–Crippen MR) is 96.6 cm³/mol. The molecule has 0 bridgehead atoms. The molecule has 0 radical (unpaired) electrons. The quantitative estimate of drug-likeness (QED) is 0.753. The molecule has 2 aliphatic heterocycles. The molecular formula is C17H24N4O4S. The largest absolute Gasteiger partial charge is 0.342 e. The summed E-state index contributed by atoms with van der Waals surface area (Å²) in [4.78, 5) is 28.4. The highest BCUT2D eigenvalue weighted by atomic mass is 32.2. The van der Waals surface area contributed by atoms with Gasteiger partial charge in [-0.25, -0.2) is 13.6 Å². The van der Waals surface area contributed by atoms with Crippen LogP contribution in [0.1, 0.15) is 19.8 Å². The van der Waals surface area contributed by atoms with Crippen LogP contribution in [0.2, 0.25) is 0 Å². The summed E-state index contributed by atoms with van der Waals surface area (Å²) in [6, 6.07) is 5.91. The van der Waals surface area contributed by atoms with E-state index in [9.17, 15) is 18.0 Å². The van der Waals surface area contributed by atoms with Gasteiger partial charge in [-0.3, -0.25) is 9.59 Å². The van der Waals surface area contributed by atoms with Gasteiger partial charge in [-0.2, -0.15) is 0 Å². The van der Waals surface area contributed by atoms with Gasteiger partial charge < -0.3 is 15.5 Å². The van der Waals surface area contributed by atoms with Crippen molar-refractivity contribution in [3.63, 3.8) is 0 Å². The third-order valence-electron chi connectivity index (χ3n) is 5.29. The number of hydrogen-bond donors (Lipinski definition) is 2. The van der Waals surface area contributed by atoms with E-state index in [-0.39, 0.29) is 35.1 Å². The van der Waals surface area contributed by atoms with E-state index in [2.05, 4.69) is 6.92 Å². The third-order valence-corrected chi connectivity index (χ3v) is 6.21. The summed E-state index contributed by atoms with van der Waals surface area (Å²) in [5.74, 6) is -0.669. The zero-order valence-corrected chi connectivity index (χ0v) is 15.5. The van der Waals surface area contributed by atoms with Gasteiger partial charge in [-0.15, -0.1) is 0 Å². The summed E-state index contributed by atoms with van der Waals surface area (Å²) in [5.41, 5.74) is 6.16. The molecule has 2 aliphatic rings. The van der Waals surface area contributed by atoms with Crippen LogP contribution in [0.25, 0.3) is 0 Å². The number of benzene rings is 1. The number of sulfonamides is 1. The van der Waals surface area contributed by atoms with E-state index < -0.39 is 15.9 Å². The molecule has 2 unspecified atom stereocenters. The van der Waals surface area contributed by atoms with Gasteiger partial charge in [0.2, 0.25) is 21.8 Å². The molecule has 0 spiro atoms.